The Balaban J connectivity index is 3.94. The average Bonchev–Trinajstić information content (AvgIpc) is 3.01. The maximum Gasteiger partial charge on any atom is 0.320 e. The van der Waals surface area contributed by atoms with E-state index in [1.807, 2.05) is 13.8 Å². The largest absolute Gasteiger partial charge is 0.391 e. The number of hydrogen-bond acceptors (Lipinski definition) is 7. The van der Waals surface area contributed by atoms with E-state index in [-0.39, 0.29) is 23.8 Å². The van der Waals surface area contributed by atoms with Gasteiger partial charge in [0.25, 0.3) is 0 Å². The van der Waals surface area contributed by atoms with E-state index >= 15 is 0 Å². The van der Waals surface area contributed by atoms with Crippen LogP contribution in [0.3, 0.4) is 0 Å². The third kappa shape index (κ3) is 25.9. The predicted molar refractivity (Wildman–Crippen MR) is 199 cm³/mol. The van der Waals surface area contributed by atoms with Crippen molar-refractivity contribution < 1.29 is 18.0 Å². The molecule has 0 aliphatic carbocycles. The molecule has 0 aliphatic rings. The molecule has 7 heteroatoms. The van der Waals surface area contributed by atoms with Gasteiger partial charge in [0.2, 0.25) is 0 Å². The predicted octanol–water partition coefficient (Wildman–Crippen LogP) is 12.9. The van der Waals surface area contributed by atoms with Gasteiger partial charge in [-0.1, -0.05) is 131 Å². The van der Waals surface area contributed by atoms with Gasteiger partial charge >= 0.3 is 11.9 Å². The minimum Gasteiger partial charge on any atom is -0.391 e. The summed E-state index contributed by atoms with van der Waals surface area (Å²) in [5, 5.41) is 0. The lowest BCUT2D eigenvalue weighted by Crippen LogP contribution is -2.13. The Hall–Kier alpha value is -0.270. The van der Waals surface area contributed by atoms with E-state index in [0.717, 1.165) is 79.6 Å². The second kappa shape index (κ2) is 31.3. The minimum absolute atomic E-state index is 0.0991. The van der Waals surface area contributed by atoms with Crippen molar-refractivity contribution in [2.45, 2.75) is 183 Å². The zero-order valence-electron chi connectivity index (χ0n) is 29.6. The van der Waals surface area contributed by atoms with Crippen LogP contribution < -0.4 is 0 Å². The van der Waals surface area contributed by atoms with Gasteiger partial charge in [-0.15, -0.1) is 0 Å². The number of unbranched alkanes of at least 4 members (excludes halogenated alkanes) is 4. The summed E-state index contributed by atoms with van der Waals surface area (Å²) in [7, 11) is 0. The van der Waals surface area contributed by atoms with Crippen LogP contribution in [0.2, 0.25) is 0 Å². The third-order valence-electron chi connectivity index (χ3n) is 8.82. The van der Waals surface area contributed by atoms with Crippen LogP contribution in [0.4, 0.5) is 0 Å². The fourth-order valence-electron chi connectivity index (χ4n) is 5.63. The first kappa shape index (κ1) is 43.7. The van der Waals surface area contributed by atoms with Crippen molar-refractivity contribution in [3.63, 3.8) is 0 Å². The maximum atomic E-state index is 12.4. The van der Waals surface area contributed by atoms with Crippen LogP contribution in [-0.2, 0) is 18.0 Å². The highest BCUT2D eigenvalue weighted by molar-refractivity contribution is 7.95. The van der Waals surface area contributed by atoms with Crippen molar-refractivity contribution in [3.05, 3.63) is 0 Å². The van der Waals surface area contributed by atoms with E-state index in [0.29, 0.717) is 0 Å². The number of thiocarbonyl (C=S) groups is 1. The molecule has 0 bridgehead atoms. The van der Waals surface area contributed by atoms with Gasteiger partial charge in [0.15, 0.2) is 0 Å². The number of hydrogen-bond donors (Lipinski definition) is 0. The maximum absolute atomic E-state index is 12.4. The lowest BCUT2D eigenvalue weighted by molar-refractivity contribution is -0.138. The zero-order chi connectivity index (χ0) is 32.8. The summed E-state index contributed by atoms with van der Waals surface area (Å²) in [6.45, 7) is 13.0. The molecule has 0 aliphatic heterocycles. The standard InChI is InChI=1S/C37H70O4S3/c1-7-11-21-33(22-12-8-2)25-17-29-43-40-36(38)31(5)19-15-27-35(42)28-16-20-32(6)37(39)41-44-30-18-26-34(23-13-9-3)24-14-10-4/h31-34H,7-30H2,1-6H3. The Morgan fingerprint density at radius 1 is 0.523 bits per heavy atom. The average molecular weight is 675 g/mol. The molecule has 0 rings (SSSR count). The molecule has 0 aromatic heterocycles. The van der Waals surface area contributed by atoms with Gasteiger partial charge in [0.05, 0.1) is 35.9 Å². The van der Waals surface area contributed by atoms with Crippen LogP contribution in [0, 0.1) is 23.7 Å². The van der Waals surface area contributed by atoms with E-state index in [1.165, 1.54) is 114 Å². The molecule has 0 spiro atoms. The Morgan fingerprint density at radius 2 is 0.841 bits per heavy atom. The van der Waals surface area contributed by atoms with Crippen molar-refractivity contribution in [2.24, 2.45) is 23.7 Å². The summed E-state index contributed by atoms with van der Waals surface area (Å²) in [4.78, 5) is 25.8. The molecular weight excluding hydrogens is 605 g/mol. The molecule has 44 heavy (non-hydrogen) atoms. The van der Waals surface area contributed by atoms with Crippen LogP contribution in [-0.4, -0.2) is 28.3 Å². The molecule has 0 fully saturated rings. The summed E-state index contributed by atoms with van der Waals surface area (Å²) < 4.78 is 11.0. The lowest BCUT2D eigenvalue weighted by atomic mass is 9.92. The molecule has 0 heterocycles. The zero-order valence-corrected chi connectivity index (χ0v) is 32.1. The summed E-state index contributed by atoms with van der Waals surface area (Å²) in [5.74, 6) is 3.03. The highest BCUT2D eigenvalue weighted by atomic mass is 32.2. The molecule has 0 saturated carbocycles. The second-order valence-electron chi connectivity index (χ2n) is 13.2. The summed E-state index contributed by atoms with van der Waals surface area (Å²) in [6, 6.07) is 0. The Morgan fingerprint density at radius 3 is 1.16 bits per heavy atom. The topological polar surface area (TPSA) is 52.6 Å². The Bertz CT molecular complexity index is 630. The molecule has 0 radical (unpaired) electrons. The van der Waals surface area contributed by atoms with Gasteiger partial charge in [-0.3, -0.25) is 9.59 Å². The van der Waals surface area contributed by atoms with Gasteiger partial charge < -0.3 is 8.37 Å². The van der Waals surface area contributed by atoms with Crippen LogP contribution in [0.1, 0.15) is 183 Å². The minimum atomic E-state index is -0.104. The monoisotopic (exact) mass is 674 g/mol. The first-order valence-electron chi connectivity index (χ1n) is 18.5. The molecular formula is C37H70O4S3. The van der Waals surface area contributed by atoms with E-state index in [9.17, 15) is 9.59 Å². The molecule has 0 N–H and O–H groups in total. The molecule has 0 aromatic carbocycles. The summed E-state index contributed by atoms with van der Waals surface area (Å²) >= 11 is 8.26. The molecule has 260 valence electrons. The van der Waals surface area contributed by atoms with Crippen molar-refractivity contribution in [3.8, 4) is 0 Å². The van der Waals surface area contributed by atoms with Crippen molar-refractivity contribution in [1.29, 1.82) is 0 Å². The van der Waals surface area contributed by atoms with E-state index < -0.39 is 0 Å². The third-order valence-corrected chi connectivity index (χ3v) is 10.7. The summed E-state index contributed by atoms with van der Waals surface area (Å²) in [5.41, 5.74) is 0. The van der Waals surface area contributed by atoms with Crippen LogP contribution in [0.5, 0.6) is 0 Å². The number of carbonyl (C=O) groups excluding carboxylic acids is 2. The van der Waals surface area contributed by atoms with E-state index in [1.54, 1.807) is 0 Å². The van der Waals surface area contributed by atoms with Gasteiger partial charge in [-0.05, 0) is 80.9 Å². The molecule has 0 amide bonds. The van der Waals surface area contributed by atoms with Crippen molar-refractivity contribution in [1.82, 2.24) is 0 Å². The van der Waals surface area contributed by atoms with Gasteiger partial charge in [0.1, 0.15) is 0 Å². The Labute approximate surface area is 287 Å². The van der Waals surface area contributed by atoms with E-state index in [4.69, 9.17) is 20.6 Å². The number of rotatable bonds is 32. The molecule has 2 unspecified atom stereocenters. The van der Waals surface area contributed by atoms with Crippen molar-refractivity contribution >= 4 is 53.1 Å². The quantitative estimate of drug-likeness (QED) is 0.0400. The van der Waals surface area contributed by atoms with Gasteiger partial charge in [-0.25, -0.2) is 0 Å². The highest BCUT2D eigenvalue weighted by Crippen LogP contribution is 2.25. The lowest BCUT2D eigenvalue weighted by Gasteiger charge is -2.16. The molecule has 0 aromatic rings. The van der Waals surface area contributed by atoms with Gasteiger partial charge in [0, 0.05) is 11.5 Å². The normalized spacial score (nSPS) is 12.9. The first-order chi connectivity index (χ1) is 21.3. The van der Waals surface area contributed by atoms with Gasteiger partial charge in [-0.2, -0.15) is 0 Å². The van der Waals surface area contributed by atoms with Crippen LogP contribution >= 0.6 is 36.3 Å². The van der Waals surface area contributed by atoms with Crippen LogP contribution in [0.25, 0.3) is 0 Å². The SMILES string of the molecule is CCCCC(CCCC)CCCSOC(=O)C(C)CCCC(=S)CCCC(C)C(=O)OSCCCC(CCCC)CCCC. The number of carbonyl (C=O) groups is 2. The van der Waals surface area contributed by atoms with E-state index in [2.05, 4.69) is 27.7 Å². The van der Waals surface area contributed by atoms with Crippen molar-refractivity contribution in [2.75, 3.05) is 11.5 Å². The summed E-state index contributed by atoms with van der Waals surface area (Å²) in [6.07, 6.45) is 25.6. The fourth-order valence-corrected chi connectivity index (χ4v) is 7.22. The molecule has 0 saturated heterocycles. The molecule has 2 atom stereocenters. The smallest absolute Gasteiger partial charge is 0.320 e. The molecule has 4 nitrogen and oxygen atoms in total. The second-order valence-corrected chi connectivity index (χ2v) is 15.4. The Kier molecular flexibility index (Phi) is 31.1. The fraction of sp³-hybridized carbons (Fsp3) is 0.919. The van der Waals surface area contributed by atoms with Crippen LogP contribution in [0.15, 0.2) is 0 Å². The first-order valence-corrected chi connectivity index (χ1v) is 20.7. The highest BCUT2D eigenvalue weighted by Gasteiger charge is 2.17.